The summed E-state index contributed by atoms with van der Waals surface area (Å²) in [6.07, 6.45) is 3.78. The lowest BCUT2D eigenvalue weighted by molar-refractivity contribution is -0.141. The van der Waals surface area contributed by atoms with E-state index in [1.54, 1.807) is 0 Å². The van der Waals surface area contributed by atoms with Crippen molar-refractivity contribution in [2.75, 3.05) is 19.8 Å². The van der Waals surface area contributed by atoms with Crippen LogP contribution >= 0.6 is 12.4 Å². The molecule has 4 nitrogen and oxygen atoms in total. The van der Waals surface area contributed by atoms with Crippen LogP contribution < -0.4 is 5.73 Å². The van der Waals surface area contributed by atoms with Gasteiger partial charge in [-0.25, -0.2) is 0 Å². The summed E-state index contributed by atoms with van der Waals surface area (Å²) in [5.41, 5.74) is 5.70. The number of nitrogens with two attached hydrogens (primary N) is 1. The number of hydrogen-bond donors (Lipinski definition) is 1. The van der Waals surface area contributed by atoms with E-state index in [-0.39, 0.29) is 24.4 Å². The number of fused-ring (bicyclic) bond motifs is 1. The summed E-state index contributed by atoms with van der Waals surface area (Å²) in [5.74, 6) is 0.783. The van der Waals surface area contributed by atoms with E-state index in [0.29, 0.717) is 18.4 Å². The van der Waals surface area contributed by atoms with Crippen LogP contribution in [0.2, 0.25) is 0 Å². The zero-order valence-corrected chi connectivity index (χ0v) is 11.2. The van der Waals surface area contributed by atoms with Gasteiger partial charge in [-0.2, -0.15) is 0 Å². The molecule has 0 aliphatic carbocycles. The van der Waals surface area contributed by atoms with Gasteiger partial charge in [0.05, 0.1) is 6.61 Å². The molecule has 2 N–H and O–H groups in total. The molecule has 17 heavy (non-hydrogen) atoms. The molecule has 0 saturated carbocycles. The molecule has 0 aromatic rings. The topological polar surface area (TPSA) is 55.6 Å². The second-order valence-corrected chi connectivity index (χ2v) is 5.10. The highest BCUT2D eigenvalue weighted by Crippen LogP contribution is 2.29. The predicted octanol–water partition coefficient (Wildman–Crippen LogP) is 1.17. The van der Waals surface area contributed by atoms with E-state index in [2.05, 4.69) is 4.90 Å². The highest BCUT2D eigenvalue weighted by atomic mass is 35.5. The Kier molecular flexibility index (Phi) is 5.70. The first kappa shape index (κ1) is 14.7. The maximum atomic E-state index is 12.1. The second-order valence-electron chi connectivity index (χ2n) is 5.10. The molecule has 0 radical (unpaired) electrons. The number of piperidine rings is 1. The highest BCUT2D eigenvalue weighted by Gasteiger charge is 2.36. The molecule has 2 heterocycles. The van der Waals surface area contributed by atoms with E-state index in [1.807, 2.05) is 6.92 Å². The van der Waals surface area contributed by atoms with Gasteiger partial charge < -0.3 is 15.4 Å². The Labute approximate surface area is 109 Å². The molecule has 2 aliphatic rings. The third-order valence-electron chi connectivity index (χ3n) is 3.63. The van der Waals surface area contributed by atoms with Crippen LogP contribution in [0.3, 0.4) is 0 Å². The summed E-state index contributed by atoms with van der Waals surface area (Å²) < 4.78 is 5.49. The Morgan fingerprint density at radius 2 is 2.29 bits per heavy atom. The molecule has 0 bridgehead atoms. The zero-order valence-electron chi connectivity index (χ0n) is 10.4. The van der Waals surface area contributed by atoms with E-state index in [9.17, 15) is 4.79 Å². The van der Waals surface area contributed by atoms with Gasteiger partial charge in [-0.3, -0.25) is 4.79 Å². The first-order chi connectivity index (χ1) is 7.68. The number of carbonyl (C=O) groups is 1. The fourth-order valence-electron chi connectivity index (χ4n) is 2.86. The minimum Gasteiger partial charge on any atom is -0.381 e. The molecular weight excluding hydrogens is 240 g/mol. The largest absolute Gasteiger partial charge is 0.381 e. The Balaban J connectivity index is 0.00000144. The number of hydrogen-bond acceptors (Lipinski definition) is 3. The van der Waals surface area contributed by atoms with Gasteiger partial charge in [0.25, 0.3) is 0 Å². The lowest BCUT2D eigenvalue weighted by atomic mass is 9.86. The van der Waals surface area contributed by atoms with Crippen LogP contribution in [0.4, 0.5) is 0 Å². The van der Waals surface area contributed by atoms with Gasteiger partial charge in [-0.05, 0) is 26.2 Å². The van der Waals surface area contributed by atoms with Gasteiger partial charge in [0, 0.05) is 37.6 Å². The van der Waals surface area contributed by atoms with Gasteiger partial charge in [-0.15, -0.1) is 12.4 Å². The number of ether oxygens (including phenoxy) is 1. The summed E-state index contributed by atoms with van der Waals surface area (Å²) in [6.45, 7) is 4.42. The number of carbonyl (C=O) groups excluding carboxylic acids is 1. The molecule has 2 fully saturated rings. The summed E-state index contributed by atoms with van der Waals surface area (Å²) in [4.78, 5) is 14.1. The summed E-state index contributed by atoms with van der Waals surface area (Å²) in [6, 6.07) is 0.376. The fraction of sp³-hybridized carbons (Fsp3) is 0.917. The predicted molar refractivity (Wildman–Crippen MR) is 69.2 cm³/mol. The van der Waals surface area contributed by atoms with Gasteiger partial charge >= 0.3 is 0 Å². The lowest BCUT2D eigenvalue weighted by Crippen LogP contribution is -2.52. The minimum absolute atomic E-state index is 0. The molecule has 2 saturated heterocycles. The van der Waals surface area contributed by atoms with Crippen LogP contribution in [0.5, 0.6) is 0 Å². The Hall–Kier alpha value is -0.320. The van der Waals surface area contributed by atoms with Crippen LogP contribution in [0.1, 0.15) is 32.6 Å². The van der Waals surface area contributed by atoms with Crippen molar-refractivity contribution in [2.45, 2.75) is 44.7 Å². The molecule has 5 heteroatoms. The van der Waals surface area contributed by atoms with Gasteiger partial charge in [-0.1, -0.05) is 0 Å². The normalized spacial score (nSPS) is 30.1. The lowest BCUT2D eigenvalue weighted by Gasteiger charge is -2.44. The molecule has 0 aromatic carbocycles. The maximum Gasteiger partial charge on any atom is 0.224 e. The van der Waals surface area contributed by atoms with E-state index in [4.69, 9.17) is 10.5 Å². The van der Waals surface area contributed by atoms with E-state index in [1.165, 1.54) is 6.42 Å². The average molecular weight is 263 g/mol. The van der Waals surface area contributed by atoms with E-state index in [0.717, 1.165) is 32.6 Å². The van der Waals surface area contributed by atoms with Crippen LogP contribution in [-0.2, 0) is 9.53 Å². The van der Waals surface area contributed by atoms with Crippen molar-refractivity contribution >= 4 is 18.3 Å². The number of rotatable bonds is 2. The Morgan fingerprint density at radius 3 is 3.00 bits per heavy atom. The molecule has 1 amide bonds. The fourth-order valence-corrected chi connectivity index (χ4v) is 2.86. The van der Waals surface area contributed by atoms with Crippen molar-refractivity contribution in [3.8, 4) is 0 Å². The first-order valence-corrected chi connectivity index (χ1v) is 6.31. The third kappa shape index (κ3) is 3.57. The van der Waals surface area contributed by atoms with E-state index >= 15 is 0 Å². The quantitative estimate of drug-likeness (QED) is 0.813. The smallest absolute Gasteiger partial charge is 0.224 e. The van der Waals surface area contributed by atoms with Crippen LogP contribution in [0, 0.1) is 5.92 Å². The molecular formula is C12H23ClN2O2. The van der Waals surface area contributed by atoms with Crippen molar-refractivity contribution in [3.05, 3.63) is 0 Å². The van der Waals surface area contributed by atoms with Gasteiger partial charge in [0.1, 0.15) is 0 Å². The van der Waals surface area contributed by atoms with Crippen LogP contribution in [0.25, 0.3) is 0 Å². The van der Waals surface area contributed by atoms with Crippen molar-refractivity contribution in [2.24, 2.45) is 11.7 Å². The minimum atomic E-state index is -0.0345. The SMILES string of the molecule is CC(N)CC(=O)N1CCCC2COCCC21.Cl. The molecule has 100 valence electrons. The van der Waals surface area contributed by atoms with Crippen molar-refractivity contribution < 1.29 is 9.53 Å². The van der Waals surface area contributed by atoms with Gasteiger partial charge in [0.2, 0.25) is 5.91 Å². The number of likely N-dealkylation sites (tertiary alicyclic amines) is 1. The number of halogens is 1. The van der Waals surface area contributed by atoms with E-state index < -0.39 is 0 Å². The number of nitrogens with zero attached hydrogens (tertiary/aromatic N) is 1. The maximum absolute atomic E-state index is 12.1. The van der Waals surface area contributed by atoms with Crippen molar-refractivity contribution in [3.63, 3.8) is 0 Å². The summed E-state index contributed by atoms with van der Waals surface area (Å²) in [7, 11) is 0. The zero-order chi connectivity index (χ0) is 11.5. The van der Waals surface area contributed by atoms with Gasteiger partial charge in [0.15, 0.2) is 0 Å². The first-order valence-electron chi connectivity index (χ1n) is 6.31. The third-order valence-corrected chi connectivity index (χ3v) is 3.63. The molecule has 0 aromatic heterocycles. The van der Waals surface area contributed by atoms with Crippen LogP contribution in [0.15, 0.2) is 0 Å². The molecule has 2 aliphatic heterocycles. The summed E-state index contributed by atoms with van der Waals surface area (Å²) in [5, 5.41) is 0. The Morgan fingerprint density at radius 1 is 1.53 bits per heavy atom. The summed E-state index contributed by atoms with van der Waals surface area (Å²) >= 11 is 0. The number of amides is 1. The second kappa shape index (κ2) is 6.57. The van der Waals surface area contributed by atoms with Crippen LogP contribution in [-0.4, -0.2) is 42.6 Å². The monoisotopic (exact) mass is 262 g/mol. The van der Waals surface area contributed by atoms with Crippen molar-refractivity contribution in [1.29, 1.82) is 0 Å². The highest BCUT2D eigenvalue weighted by molar-refractivity contribution is 5.85. The average Bonchev–Trinajstić information content (AvgIpc) is 2.27. The van der Waals surface area contributed by atoms with Crippen molar-refractivity contribution in [1.82, 2.24) is 4.90 Å². The standard InChI is InChI=1S/C12H22N2O2.ClH/c1-9(13)7-12(15)14-5-2-3-10-8-16-6-4-11(10)14;/h9-11H,2-8,13H2,1H3;1H. The molecule has 3 unspecified atom stereocenters. The molecule has 0 spiro atoms. The Bertz CT molecular complexity index is 259. The molecule has 3 atom stereocenters. The molecule has 2 rings (SSSR count).